The second-order valence-electron chi connectivity index (χ2n) is 7.68. The third-order valence-electron chi connectivity index (χ3n) is 5.35. The van der Waals surface area contributed by atoms with E-state index in [1.54, 1.807) is 29.2 Å². The summed E-state index contributed by atoms with van der Waals surface area (Å²) in [5, 5.41) is 12.8. The van der Waals surface area contributed by atoms with Gasteiger partial charge in [0, 0.05) is 13.1 Å². The van der Waals surface area contributed by atoms with Gasteiger partial charge in [0.15, 0.2) is 5.69 Å². The van der Waals surface area contributed by atoms with Crippen molar-refractivity contribution in [1.82, 2.24) is 15.2 Å². The fraction of sp³-hybridized carbons (Fsp3) is 0.292. The van der Waals surface area contributed by atoms with Gasteiger partial charge in [-0.05, 0) is 42.5 Å². The molecule has 0 radical (unpaired) electrons. The van der Waals surface area contributed by atoms with Gasteiger partial charge in [-0.1, -0.05) is 42.5 Å². The number of phenols is 1. The fourth-order valence-electron chi connectivity index (χ4n) is 3.76. The first kappa shape index (κ1) is 20.7. The van der Waals surface area contributed by atoms with Crippen LogP contribution in [0, 0.1) is 0 Å². The molecule has 160 valence electrons. The third-order valence-corrected chi connectivity index (χ3v) is 5.35. The van der Waals surface area contributed by atoms with E-state index in [1.807, 2.05) is 30.3 Å². The highest BCUT2D eigenvalue weighted by molar-refractivity contribution is 5.92. The Bertz CT molecular complexity index is 1040. The first-order valence-corrected chi connectivity index (χ1v) is 10.5. The first-order valence-electron chi connectivity index (χ1n) is 10.5. The molecule has 4 rings (SSSR count). The summed E-state index contributed by atoms with van der Waals surface area (Å²) in [7, 11) is 0. The van der Waals surface area contributed by atoms with Crippen LogP contribution in [0.4, 0.5) is 0 Å². The molecule has 2 amide bonds. The van der Waals surface area contributed by atoms with Gasteiger partial charge in [0.25, 0.3) is 5.91 Å². The van der Waals surface area contributed by atoms with E-state index in [0.717, 1.165) is 24.8 Å². The topological polar surface area (TPSA) is 95.7 Å². The second kappa shape index (κ2) is 9.47. The number of piperidine rings is 1. The van der Waals surface area contributed by atoms with Crippen molar-refractivity contribution >= 4 is 11.8 Å². The molecule has 1 aliphatic heterocycles. The zero-order chi connectivity index (χ0) is 21.6. The lowest BCUT2D eigenvalue weighted by Gasteiger charge is -2.25. The molecule has 2 heterocycles. The predicted molar refractivity (Wildman–Crippen MR) is 114 cm³/mol. The number of rotatable bonds is 6. The number of carbonyl (C=O) groups is 2. The molecule has 1 saturated heterocycles. The van der Waals surface area contributed by atoms with Crippen molar-refractivity contribution in [3.05, 3.63) is 83.6 Å². The molecule has 1 unspecified atom stereocenters. The zero-order valence-corrected chi connectivity index (χ0v) is 17.2. The molecule has 1 fully saturated rings. The number of hydrogen-bond acceptors (Lipinski definition) is 5. The first-order chi connectivity index (χ1) is 15.1. The molecule has 2 N–H and O–H groups in total. The predicted octanol–water partition coefficient (Wildman–Crippen LogP) is 3.45. The number of oxazole rings is 1. The summed E-state index contributed by atoms with van der Waals surface area (Å²) in [5.74, 6) is -0.120. The van der Waals surface area contributed by atoms with Crippen molar-refractivity contribution in [3.63, 3.8) is 0 Å². The lowest BCUT2D eigenvalue weighted by atomic mass is 10.1. The van der Waals surface area contributed by atoms with Crippen molar-refractivity contribution in [2.45, 2.75) is 31.7 Å². The van der Waals surface area contributed by atoms with Crippen LogP contribution in [-0.4, -0.2) is 39.9 Å². The van der Waals surface area contributed by atoms with E-state index in [1.165, 1.54) is 6.26 Å². The van der Waals surface area contributed by atoms with Gasteiger partial charge in [-0.25, -0.2) is 4.98 Å². The molecule has 7 nitrogen and oxygen atoms in total. The van der Waals surface area contributed by atoms with Gasteiger partial charge in [-0.15, -0.1) is 0 Å². The quantitative estimate of drug-likeness (QED) is 0.638. The summed E-state index contributed by atoms with van der Waals surface area (Å²) >= 11 is 0. The Kier molecular flexibility index (Phi) is 6.31. The van der Waals surface area contributed by atoms with Crippen LogP contribution in [0.1, 0.15) is 52.8 Å². The Morgan fingerprint density at radius 1 is 1.06 bits per heavy atom. The summed E-state index contributed by atoms with van der Waals surface area (Å²) in [4.78, 5) is 31.7. The van der Waals surface area contributed by atoms with Gasteiger partial charge in [-0.2, -0.15) is 0 Å². The summed E-state index contributed by atoms with van der Waals surface area (Å²) in [6.07, 6.45) is 4.62. The van der Waals surface area contributed by atoms with E-state index in [4.69, 9.17) is 4.42 Å². The molecule has 31 heavy (non-hydrogen) atoms. The summed E-state index contributed by atoms with van der Waals surface area (Å²) in [6, 6.07) is 15.2. The van der Waals surface area contributed by atoms with E-state index < -0.39 is 6.04 Å². The minimum atomic E-state index is -0.730. The van der Waals surface area contributed by atoms with Crippen molar-refractivity contribution < 1.29 is 19.1 Å². The number of benzene rings is 2. The zero-order valence-electron chi connectivity index (χ0n) is 17.2. The van der Waals surface area contributed by atoms with Crippen LogP contribution < -0.4 is 5.32 Å². The van der Waals surface area contributed by atoms with Crippen molar-refractivity contribution in [3.8, 4) is 5.75 Å². The van der Waals surface area contributed by atoms with Crippen LogP contribution >= 0.6 is 0 Å². The molecule has 2 aromatic carbocycles. The van der Waals surface area contributed by atoms with Gasteiger partial charge >= 0.3 is 0 Å². The molecule has 3 aromatic rings. The maximum Gasteiger partial charge on any atom is 0.275 e. The molecule has 0 bridgehead atoms. The molecule has 0 spiro atoms. The van der Waals surface area contributed by atoms with Crippen LogP contribution in [0.2, 0.25) is 0 Å². The maximum absolute atomic E-state index is 12.8. The lowest BCUT2D eigenvalue weighted by Crippen LogP contribution is -2.36. The Balaban J connectivity index is 1.56. The summed E-state index contributed by atoms with van der Waals surface area (Å²) < 4.78 is 5.63. The molecule has 0 aliphatic carbocycles. The van der Waals surface area contributed by atoms with E-state index in [2.05, 4.69) is 10.3 Å². The minimum Gasteiger partial charge on any atom is -0.508 e. The Morgan fingerprint density at radius 3 is 2.58 bits per heavy atom. The average Bonchev–Trinajstić information content (AvgIpc) is 3.28. The van der Waals surface area contributed by atoms with E-state index in [9.17, 15) is 14.7 Å². The standard InChI is InChI=1S/C24H25N3O4/c28-19-11-7-10-18(15-19)22(26-21(29)14-17-8-3-1-4-9-17)23-25-20(16-31-23)24(30)27-12-5-2-6-13-27/h1,3-4,7-11,15-16,22,28H,2,5-6,12-14H2,(H,26,29). The number of likely N-dealkylation sites (tertiary alicyclic amines) is 1. The summed E-state index contributed by atoms with van der Waals surface area (Å²) in [6.45, 7) is 1.43. The third kappa shape index (κ3) is 5.12. The van der Waals surface area contributed by atoms with Gasteiger partial charge in [0.05, 0.1) is 6.42 Å². The van der Waals surface area contributed by atoms with Crippen LogP contribution in [0.5, 0.6) is 5.75 Å². The van der Waals surface area contributed by atoms with Gasteiger partial charge < -0.3 is 19.7 Å². The SMILES string of the molecule is O=C(Cc1ccccc1)NC(c1cccc(O)c1)c1nc(C(=O)N2CCCCC2)co1. The molecule has 1 atom stereocenters. The van der Waals surface area contributed by atoms with Crippen molar-refractivity contribution in [2.75, 3.05) is 13.1 Å². The second-order valence-corrected chi connectivity index (χ2v) is 7.68. The molecule has 0 saturated carbocycles. The van der Waals surface area contributed by atoms with Gasteiger partial charge in [0.1, 0.15) is 18.1 Å². The average molecular weight is 419 g/mol. The number of aromatic hydroxyl groups is 1. The Hall–Kier alpha value is -3.61. The maximum atomic E-state index is 12.8. The van der Waals surface area contributed by atoms with Crippen molar-refractivity contribution in [2.24, 2.45) is 0 Å². The molecule has 1 aliphatic rings. The van der Waals surface area contributed by atoms with Crippen LogP contribution in [0.25, 0.3) is 0 Å². The fourth-order valence-corrected chi connectivity index (χ4v) is 3.76. The summed E-state index contributed by atoms with van der Waals surface area (Å²) in [5.41, 5.74) is 1.71. The monoisotopic (exact) mass is 419 g/mol. The van der Waals surface area contributed by atoms with Gasteiger partial charge in [-0.3, -0.25) is 9.59 Å². The van der Waals surface area contributed by atoms with Gasteiger partial charge in [0.2, 0.25) is 11.8 Å². The molecular formula is C24H25N3O4. The number of nitrogens with one attached hydrogen (secondary N) is 1. The smallest absolute Gasteiger partial charge is 0.275 e. The van der Waals surface area contributed by atoms with E-state index in [0.29, 0.717) is 18.7 Å². The number of aromatic nitrogens is 1. The normalized spacial score (nSPS) is 14.8. The number of nitrogens with zero attached hydrogens (tertiary/aromatic N) is 2. The van der Waals surface area contributed by atoms with Crippen molar-refractivity contribution in [1.29, 1.82) is 0 Å². The number of phenolic OH excluding ortho intramolecular Hbond substituents is 1. The lowest BCUT2D eigenvalue weighted by molar-refractivity contribution is -0.121. The van der Waals surface area contributed by atoms with Crippen LogP contribution in [0.3, 0.4) is 0 Å². The molecular weight excluding hydrogens is 394 g/mol. The minimum absolute atomic E-state index is 0.0657. The Labute approximate surface area is 180 Å². The highest BCUT2D eigenvalue weighted by Crippen LogP contribution is 2.25. The van der Waals surface area contributed by atoms with E-state index >= 15 is 0 Å². The Morgan fingerprint density at radius 2 is 1.84 bits per heavy atom. The highest BCUT2D eigenvalue weighted by Gasteiger charge is 2.26. The molecule has 1 aromatic heterocycles. The number of carbonyl (C=O) groups excluding carboxylic acids is 2. The molecule has 7 heteroatoms. The van der Waals surface area contributed by atoms with Crippen LogP contribution in [0.15, 0.2) is 65.3 Å². The van der Waals surface area contributed by atoms with Crippen LogP contribution in [-0.2, 0) is 11.2 Å². The number of hydrogen-bond donors (Lipinski definition) is 2. The largest absolute Gasteiger partial charge is 0.508 e. The highest BCUT2D eigenvalue weighted by atomic mass is 16.3. The van der Waals surface area contributed by atoms with E-state index in [-0.39, 0.29) is 35.6 Å². The number of amides is 2.